The molecule has 0 aliphatic carbocycles. The summed E-state index contributed by atoms with van der Waals surface area (Å²) >= 11 is 0. The van der Waals surface area contributed by atoms with E-state index in [0.717, 1.165) is 48.6 Å². The van der Waals surface area contributed by atoms with E-state index in [-0.39, 0.29) is 34.9 Å². The van der Waals surface area contributed by atoms with Gasteiger partial charge < -0.3 is 20.3 Å². The number of ether oxygens (including phenoxy) is 2. The van der Waals surface area contributed by atoms with E-state index in [9.17, 15) is 18.3 Å². The number of aromatic carboxylic acids is 1. The molecule has 1 aliphatic rings. The molecule has 4 rings (SSSR count). The molecule has 1 aromatic heterocycles. The van der Waals surface area contributed by atoms with Crippen molar-refractivity contribution in [2.24, 2.45) is 11.7 Å². The van der Waals surface area contributed by atoms with Gasteiger partial charge in [-0.15, -0.1) is 0 Å². The van der Waals surface area contributed by atoms with E-state index >= 15 is 0 Å². The molecule has 2 aromatic carbocycles. The fourth-order valence-corrected chi connectivity index (χ4v) is 5.54. The third-order valence-electron chi connectivity index (χ3n) is 6.39. The summed E-state index contributed by atoms with van der Waals surface area (Å²) in [5, 5.41) is 9.25. The van der Waals surface area contributed by atoms with Crippen molar-refractivity contribution >= 4 is 21.9 Å². The molecule has 3 aromatic rings. The fraction of sp³-hybridized carbons (Fsp3) is 0.370. The van der Waals surface area contributed by atoms with E-state index < -0.39 is 16.0 Å². The molecule has 1 saturated heterocycles. The van der Waals surface area contributed by atoms with Crippen LogP contribution in [0.5, 0.6) is 5.88 Å². The molecule has 1 aliphatic heterocycles. The van der Waals surface area contributed by atoms with Crippen LogP contribution in [-0.4, -0.2) is 55.3 Å². The lowest BCUT2D eigenvalue weighted by Gasteiger charge is -2.24. The normalized spacial score (nSPS) is 16.6. The first-order valence-electron chi connectivity index (χ1n) is 12.4. The summed E-state index contributed by atoms with van der Waals surface area (Å²) in [7, 11) is -4.19. The highest BCUT2D eigenvalue weighted by Crippen LogP contribution is 2.29. The molecule has 0 spiro atoms. The third-order valence-corrected chi connectivity index (χ3v) is 7.72. The van der Waals surface area contributed by atoms with Crippen molar-refractivity contribution in [1.82, 2.24) is 9.97 Å². The number of nitrogens with zero attached hydrogens (tertiary/aromatic N) is 2. The van der Waals surface area contributed by atoms with Gasteiger partial charge in [0, 0.05) is 30.9 Å². The summed E-state index contributed by atoms with van der Waals surface area (Å²) in [5.74, 6) is -0.885. The largest absolute Gasteiger partial charge is 0.478 e. The Hall–Kier alpha value is -3.54. The topological polar surface area (TPSA) is 154 Å². The highest BCUT2D eigenvalue weighted by Gasteiger charge is 2.21. The van der Waals surface area contributed by atoms with Crippen molar-refractivity contribution in [2.75, 3.05) is 24.5 Å². The van der Waals surface area contributed by atoms with E-state index in [1.54, 1.807) is 6.07 Å². The molecule has 0 amide bonds. The maximum atomic E-state index is 13.1. The highest BCUT2D eigenvalue weighted by atomic mass is 32.2. The van der Waals surface area contributed by atoms with E-state index in [0.29, 0.717) is 18.2 Å². The lowest BCUT2D eigenvalue weighted by molar-refractivity contribution is 0.0469. The summed E-state index contributed by atoms with van der Waals surface area (Å²) in [4.78, 5) is 19.9. The average Bonchev–Trinajstić information content (AvgIpc) is 2.88. The summed E-state index contributed by atoms with van der Waals surface area (Å²) in [5.41, 5.74) is 9.38. The third kappa shape index (κ3) is 6.85. The molecule has 2 heterocycles. The fourth-order valence-electron chi connectivity index (χ4n) is 4.55. The molecule has 1 unspecified atom stereocenters. The van der Waals surface area contributed by atoms with Gasteiger partial charge in [-0.3, -0.25) is 0 Å². The van der Waals surface area contributed by atoms with Gasteiger partial charge in [0.15, 0.2) is 0 Å². The van der Waals surface area contributed by atoms with Crippen LogP contribution in [0, 0.1) is 19.8 Å². The van der Waals surface area contributed by atoms with Crippen LogP contribution < -0.4 is 15.2 Å². The Morgan fingerprint density at radius 2 is 1.92 bits per heavy atom. The van der Waals surface area contributed by atoms with Crippen LogP contribution in [0.15, 0.2) is 53.4 Å². The summed E-state index contributed by atoms with van der Waals surface area (Å²) in [6.07, 6.45) is 2.82. The number of rotatable bonds is 10. The second-order valence-electron chi connectivity index (χ2n) is 9.51. The number of anilines is 1. The van der Waals surface area contributed by atoms with E-state index in [2.05, 4.69) is 14.7 Å². The van der Waals surface area contributed by atoms with Gasteiger partial charge in [0.2, 0.25) is 11.8 Å². The second kappa shape index (κ2) is 11.9. The van der Waals surface area contributed by atoms with Crippen molar-refractivity contribution in [3.05, 3.63) is 65.2 Å². The zero-order valence-electron chi connectivity index (χ0n) is 21.4. The van der Waals surface area contributed by atoms with Gasteiger partial charge in [-0.1, -0.05) is 24.3 Å². The Bertz CT molecular complexity index is 1390. The number of carboxylic acids is 1. The molecule has 0 radical (unpaired) electrons. The van der Waals surface area contributed by atoms with Crippen LogP contribution >= 0.6 is 0 Å². The number of carboxylic acid groups (broad SMARTS) is 1. The first-order chi connectivity index (χ1) is 18.1. The van der Waals surface area contributed by atoms with Crippen LogP contribution in [0.1, 0.15) is 40.7 Å². The zero-order chi connectivity index (χ0) is 27.3. The highest BCUT2D eigenvalue weighted by molar-refractivity contribution is 7.92. The van der Waals surface area contributed by atoms with Gasteiger partial charge in [0.05, 0.1) is 16.2 Å². The van der Waals surface area contributed by atoms with Gasteiger partial charge >= 0.3 is 5.97 Å². The van der Waals surface area contributed by atoms with Crippen LogP contribution in [-0.2, 0) is 14.8 Å². The van der Waals surface area contributed by atoms with Crippen LogP contribution in [0.4, 0.5) is 5.95 Å². The molecule has 10 nitrogen and oxygen atoms in total. The second-order valence-corrected chi connectivity index (χ2v) is 11.2. The smallest absolute Gasteiger partial charge is 0.335 e. The molecule has 0 saturated carbocycles. The maximum Gasteiger partial charge on any atom is 0.335 e. The monoisotopic (exact) mass is 540 g/mol. The minimum atomic E-state index is -4.19. The van der Waals surface area contributed by atoms with Crippen LogP contribution in [0.25, 0.3) is 11.3 Å². The standard InChI is InChI=1S/C27H32N4O6S/c1-17-6-3-7-18(2)25(17)23-14-24(37-16-21(28)12-19-8-5-11-36-15-19)30-27(29-23)31-38(34,35)22-10-4-9-20(13-22)26(32)33/h3-4,6-7,9-10,13-14,19,21H,5,8,11-12,15-16,28H2,1-2H3,(H,32,33)(H,29,30,31)/t19?,21-/m1/s1. The molecule has 1 fully saturated rings. The van der Waals surface area contributed by atoms with Crippen molar-refractivity contribution < 1.29 is 27.8 Å². The van der Waals surface area contributed by atoms with Gasteiger partial charge in [0.25, 0.3) is 10.0 Å². The Kier molecular flexibility index (Phi) is 8.60. The first-order valence-corrected chi connectivity index (χ1v) is 13.9. The molecule has 2 atom stereocenters. The van der Waals surface area contributed by atoms with E-state index in [1.807, 2.05) is 32.0 Å². The number of sulfonamides is 1. The quantitative estimate of drug-likeness (QED) is 0.348. The Balaban J connectivity index is 1.62. The molecular formula is C27H32N4O6S. The summed E-state index contributed by atoms with van der Waals surface area (Å²) in [6, 6.07) is 12.3. The number of hydrogen-bond acceptors (Lipinski definition) is 8. The summed E-state index contributed by atoms with van der Waals surface area (Å²) < 4.78 is 40.0. The van der Waals surface area contributed by atoms with Crippen molar-refractivity contribution in [3.8, 4) is 17.1 Å². The van der Waals surface area contributed by atoms with E-state index in [1.165, 1.54) is 18.2 Å². The molecule has 38 heavy (non-hydrogen) atoms. The Morgan fingerprint density at radius 3 is 2.61 bits per heavy atom. The van der Waals surface area contributed by atoms with Gasteiger partial charge in [-0.05, 0) is 68.4 Å². The Labute approximate surface area is 222 Å². The predicted octanol–water partition coefficient (Wildman–Crippen LogP) is 3.78. The van der Waals surface area contributed by atoms with Crippen molar-refractivity contribution in [2.45, 2.75) is 44.0 Å². The van der Waals surface area contributed by atoms with E-state index in [4.69, 9.17) is 15.2 Å². The molecule has 4 N–H and O–H groups in total. The number of aromatic nitrogens is 2. The SMILES string of the molecule is Cc1cccc(C)c1-c1cc(OC[C@H](N)CC2CCCOC2)nc(NS(=O)(=O)c2cccc(C(=O)O)c2)n1. The van der Waals surface area contributed by atoms with Gasteiger partial charge in [0.1, 0.15) is 6.61 Å². The lowest BCUT2D eigenvalue weighted by atomic mass is 9.95. The average molecular weight is 541 g/mol. The number of benzene rings is 2. The minimum absolute atomic E-state index is 0.153. The van der Waals surface area contributed by atoms with Crippen LogP contribution in [0.3, 0.4) is 0 Å². The van der Waals surface area contributed by atoms with Crippen molar-refractivity contribution in [1.29, 1.82) is 0 Å². The minimum Gasteiger partial charge on any atom is -0.478 e. The molecule has 11 heteroatoms. The number of aryl methyl sites for hydroxylation is 2. The van der Waals surface area contributed by atoms with Gasteiger partial charge in [-0.25, -0.2) is 22.9 Å². The number of nitrogens with two attached hydrogens (primary N) is 1. The van der Waals surface area contributed by atoms with Gasteiger partial charge in [-0.2, -0.15) is 4.98 Å². The number of nitrogens with one attached hydrogen (secondary N) is 1. The Morgan fingerprint density at radius 1 is 1.18 bits per heavy atom. The summed E-state index contributed by atoms with van der Waals surface area (Å²) in [6.45, 7) is 5.53. The number of hydrogen-bond donors (Lipinski definition) is 3. The number of carbonyl (C=O) groups is 1. The lowest BCUT2D eigenvalue weighted by Crippen LogP contribution is -2.33. The van der Waals surface area contributed by atoms with Crippen LogP contribution in [0.2, 0.25) is 0 Å². The maximum absolute atomic E-state index is 13.1. The zero-order valence-corrected chi connectivity index (χ0v) is 22.2. The molecule has 0 bridgehead atoms. The first kappa shape index (κ1) is 27.5. The predicted molar refractivity (Wildman–Crippen MR) is 143 cm³/mol. The molecular weight excluding hydrogens is 508 g/mol. The molecule has 202 valence electrons. The van der Waals surface area contributed by atoms with Crippen molar-refractivity contribution in [3.63, 3.8) is 0 Å².